The highest BCUT2D eigenvalue weighted by Crippen LogP contribution is 2.30. The summed E-state index contributed by atoms with van der Waals surface area (Å²) in [7, 11) is 0. The van der Waals surface area contributed by atoms with Crippen molar-refractivity contribution in [3.05, 3.63) is 0 Å². The van der Waals surface area contributed by atoms with Gasteiger partial charge in [0.05, 0.1) is 0 Å². The standard InChI is InChI=1S/C14H27NO/c1-6-12-8-9-13(7-2)15(12)14(16)11(5)10(3)4/h10-13H,6-9H2,1-5H3/t11?,12-,13?/m1/s1. The van der Waals surface area contributed by atoms with Gasteiger partial charge in [-0.2, -0.15) is 0 Å². The molecule has 0 spiro atoms. The molecule has 0 radical (unpaired) electrons. The van der Waals surface area contributed by atoms with E-state index in [1.54, 1.807) is 0 Å². The van der Waals surface area contributed by atoms with Crippen LogP contribution >= 0.6 is 0 Å². The number of rotatable bonds is 4. The molecule has 1 rings (SSSR count). The number of hydrogen-bond acceptors (Lipinski definition) is 1. The predicted octanol–water partition coefficient (Wildman–Crippen LogP) is 3.46. The number of amides is 1. The van der Waals surface area contributed by atoms with Crippen LogP contribution in [0.1, 0.15) is 60.3 Å². The molecule has 0 N–H and O–H groups in total. The van der Waals surface area contributed by atoms with Gasteiger partial charge in [-0.3, -0.25) is 4.79 Å². The highest BCUT2D eigenvalue weighted by Gasteiger charge is 2.36. The Morgan fingerprint density at radius 1 is 1.12 bits per heavy atom. The first-order valence-electron chi connectivity index (χ1n) is 6.85. The van der Waals surface area contributed by atoms with Gasteiger partial charge in [0, 0.05) is 18.0 Å². The Balaban J connectivity index is 2.77. The van der Waals surface area contributed by atoms with E-state index >= 15 is 0 Å². The number of likely N-dealkylation sites (tertiary alicyclic amines) is 1. The van der Waals surface area contributed by atoms with E-state index in [2.05, 4.69) is 39.5 Å². The van der Waals surface area contributed by atoms with Crippen LogP contribution in [0, 0.1) is 11.8 Å². The second kappa shape index (κ2) is 5.70. The van der Waals surface area contributed by atoms with Crippen molar-refractivity contribution in [1.82, 2.24) is 4.90 Å². The normalized spacial score (nSPS) is 27.5. The van der Waals surface area contributed by atoms with Gasteiger partial charge >= 0.3 is 0 Å². The molecule has 1 fully saturated rings. The van der Waals surface area contributed by atoms with Crippen LogP contribution in [-0.4, -0.2) is 22.9 Å². The molecule has 1 aliphatic heterocycles. The number of carbonyl (C=O) groups excluding carboxylic acids is 1. The lowest BCUT2D eigenvalue weighted by Crippen LogP contribution is -2.44. The van der Waals surface area contributed by atoms with E-state index in [0.717, 1.165) is 12.8 Å². The Labute approximate surface area is 100 Å². The molecule has 0 aromatic rings. The summed E-state index contributed by atoms with van der Waals surface area (Å²) in [5.74, 6) is 0.996. The lowest BCUT2D eigenvalue weighted by atomic mass is 9.95. The van der Waals surface area contributed by atoms with Gasteiger partial charge < -0.3 is 4.90 Å². The smallest absolute Gasteiger partial charge is 0.226 e. The topological polar surface area (TPSA) is 20.3 Å². The van der Waals surface area contributed by atoms with Crippen molar-refractivity contribution in [2.75, 3.05) is 0 Å². The van der Waals surface area contributed by atoms with E-state index in [-0.39, 0.29) is 5.92 Å². The van der Waals surface area contributed by atoms with Gasteiger partial charge in [0.25, 0.3) is 0 Å². The van der Waals surface area contributed by atoms with Crippen LogP contribution in [-0.2, 0) is 4.79 Å². The minimum atomic E-state index is 0.168. The van der Waals surface area contributed by atoms with E-state index in [4.69, 9.17) is 0 Å². The lowest BCUT2D eigenvalue weighted by molar-refractivity contribution is -0.139. The van der Waals surface area contributed by atoms with E-state index in [1.807, 2.05) is 0 Å². The summed E-state index contributed by atoms with van der Waals surface area (Å²) in [6.07, 6.45) is 4.61. The lowest BCUT2D eigenvalue weighted by Gasteiger charge is -2.33. The molecule has 0 bridgehead atoms. The molecule has 1 amide bonds. The minimum Gasteiger partial charge on any atom is -0.337 e. The third-order valence-electron chi connectivity index (χ3n) is 4.21. The fraction of sp³-hybridized carbons (Fsp3) is 0.929. The Hall–Kier alpha value is -0.530. The second-order valence-corrected chi connectivity index (χ2v) is 5.48. The van der Waals surface area contributed by atoms with Gasteiger partial charge in [-0.25, -0.2) is 0 Å². The summed E-state index contributed by atoms with van der Waals surface area (Å²) in [5.41, 5.74) is 0. The molecule has 1 saturated heterocycles. The molecular weight excluding hydrogens is 198 g/mol. The molecule has 3 atom stereocenters. The largest absolute Gasteiger partial charge is 0.337 e. The summed E-state index contributed by atoms with van der Waals surface area (Å²) < 4.78 is 0. The maximum atomic E-state index is 12.5. The Bertz CT molecular complexity index is 225. The molecule has 1 heterocycles. The van der Waals surface area contributed by atoms with Crippen LogP contribution in [0.3, 0.4) is 0 Å². The van der Waals surface area contributed by atoms with Crippen LogP contribution in [0.5, 0.6) is 0 Å². The van der Waals surface area contributed by atoms with Gasteiger partial charge in [-0.15, -0.1) is 0 Å². The first kappa shape index (κ1) is 13.5. The maximum absolute atomic E-state index is 12.5. The fourth-order valence-electron chi connectivity index (χ4n) is 2.64. The molecule has 0 aromatic carbocycles. The van der Waals surface area contributed by atoms with Crippen molar-refractivity contribution in [3.8, 4) is 0 Å². The summed E-state index contributed by atoms with van der Waals surface area (Å²) in [6, 6.07) is 0.997. The average Bonchev–Trinajstić information content (AvgIpc) is 2.69. The van der Waals surface area contributed by atoms with Crippen LogP contribution in [0.4, 0.5) is 0 Å². The zero-order valence-electron chi connectivity index (χ0n) is 11.5. The van der Waals surface area contributed by atoms with E-state index in [1.165, 1.54) is 12.8 Å². The fourth-order valence-corrected chi connectivity index (χ4v) is 2.64. The van der Waals surface area contributed by atoms with Gasteiger partial charge in [0.2, 0.25) is 5.91 Å². The number of hydrogen-bond donors (Lipinski definition) is 0. The maximum Gasteiger partial charge on any atom is 0.226 e. The van der Waals surface area contributed by atoms with Crippen LogP contribution in [0.15, 0.2) is 0 Å². The van der Waals surface area contributed by atoms with Crippen molar-refractivity contribution >= 4 is 5.91 Å². The summed E-state index contributed by atoms with van der Waals surface area (Å²) in [5, 5.41) is 0. The Kier molecular flexibility index (Phi) is 4.82. The summed E-state index contributed by atoms with van der Waals surface area (Å²) >= 11 is 0. The Morgan fingerprint density at radius 3 is 1.88 bits per heavy atom. The van der Waals surface area contributed by atoms with Gasteiger partial charge in [-0.05, 0) is 31.6 Å². The van der Waals surface area contributed by atoms with Crippen LogP contribution < -0.4 is 0 Å². The van der Waals surface area contributed by atoms with Crippen molar-refractivity contribution in [2.45, 2.75) is 72.4 Å². The predicted molar refractivity (Wildman–Crippen MR) is 68.2 cm³/mol. The summed E-state index contributed by atoms with van der Waals surface area (Å²) in [4.78, 5) is 14.7. The third-order valence-corrected chi connectivity index (χ3v) is 4.21. The third kappa shape index (κ3) is 2.58. The van der Waals surface area contributed by atoms with Crippen LogP contribution in [0.25, 0.3) is 0 Å². The van der Waals surface area contributed by atoms with Gasteiger partial charge in [0.15, 0.2) is 0 Å². The van der Waals surface area contributed by atoms with Crippen molar-refractivity contribution < 1.29 is 4.79 Å². The summed E-state index contributed by atoms with van der Waals surface area (Å²) in [6.45, 7) is 10.7. The zero-order valence-corrected chi connectivity index (χ0v) is 11.5. The highest BCUT2D eigenvalue weighted by atomic mass is 16.2. The molecule has 0 aliphatic carbocycles. The minimum absolute atomic E-state index is 0.168. The number of nitrogens with zero attached hydrogens (tertiary/aromatic N) is 1. The van der Waals surface area contributed by atoms with Crippen LogP contribution in [0.2, 0.25) is 0 Å². The molecule has 94 valence electrons. The average molecular weight is 225 g/mol. The molecule has 2 unspecified atom stereocenters. The monoisotopic (exact) mass is 225 g/mol. The number of carbonyl (C=O) groups is 1. The van der Waals surface area contributed by atoms with Gasteiger partial charge in [0.1, 0.15) is 0 Å². The molecular formula is C14H27NO. The molecule has 2 heteroatoms. The van der Waals surface area contributed by atoms with Gasteiger partial charge in [-0.1, -0.05) is 34.6 Å². The molecule has 16 heavy (non-hydrogen) atoms. The second-order valence-electron chi connectivity index (χ2n) is 5.48. The van der Waals surface area contributed by atoms with E-state index < -0.39 is 0 Å². The van der Waals surface area contributed by atoms with Crippen molar-refractivity contribution in [2.24, 2.45) is 11.8 Å². The first-order chi connectivity index (χ1) is 7.52. The SMILES string of the molecule is CCC1CC[C@@H](CC)N1C(=O)C(C)C(C)C. The van der Waals surface area contributed by atoms with E-state index in [9.17, 15) is 4.79 Å². The first-order valence-corrected chi connectivity index (χ1v) is 6.85. The zero-order chi connectivity index (χ0) is 12.3. The molecule has 1 aliphatic rings. The molecule has 0 saturated carbocycles. The van der Waals surface area contributed by atoms with Crippen molar-refractivity contribution in [3.63, 3.8) is 0 Å². The van der Waals surface area contributed by atoms with E-state index in [0.29, 0.717) is 23.9 Å². The molecule has 2 nitrogen and oxygen atoms in total. The molecule has 0 aromatic heterocycles. The van der Waals surface area contributed by atoms with Crippen molar-refractivity contribution in [1.29, 1.82) is 0 Å². The quantitative estimate of drug-likeness (QED) is 0.717. The Morgan fingerprint density at radius 2 is 1.56 bits per heavy atom. The highest BCUT2D eigenvalue weighted by molar-refractivity contribution is 5.79.